The number of rotatable bonds is 6. The maximum Gasteiger partial charge on any atom is 0.255 e. The van der Waals surface area contributed by atoms with Gasteiger partial charge in [0.1, 0.15) is 0 Å². The second kappa shape index (κ2) is 7.42. The van der Waals surface area contributed by atoms with Crippen LogP contribution in [0.15, 0.2) is 24.3 Å². The van der Waals surface area contributed by atoms with Crippen molar-refractivity contribution in [3.05, 3.63) is 29.8 Å². The van der Waals surface area contributed by atoms with Crippen LogP contribution < -0.4 is 5.32 Å². The van der Waals surface area contributed by atoms with Crippen molar-refractivity contribution in [1.29, 1.82) is 5.26 Å². The number of hydrogen-bond acceptors (Lipinski definition) is 3. The number of nitrogens with one attached hydrogen (secondary N) is 1. The molecule has 0 atom stereocenters. The molecule has 1 amide bonds. The van der Waals surface area contributed by atoms with E-state index in [-0.39, 0.29) is 11.9 Å². The molecule has 1 rings (SSSR count). The summed E-state index contributed by atoms with van der Waals surface area (Å²) in [7, 11) is 0. The smallest absolute Gasteiger partial charge is 0.255 e. The van der Waals surface area contributed by atoms with Gasteiger partial charge in [0.15, 0.2) is 0 Å². The van der Waals surface area contributed by atoms with Gasteiger partial charge in [-0.3, -0.25) is 4.79 Å². The van der Waals surface area contributed by atoms with Gasteiger partial charge < -0.3 is 10.2 Å². The quantitative estimate of drug-likeness (QED) is 0.854. The number of benzene rings is 1. The Morgan fingerprint density at radius 2 is 2.11 bits per heavy atom. The van der Waals surface area contributed by atoms with Crippen molar-refractivity contribution in [2.45, 2.75) is 33.2 Å². The van der Waals surface area contributed by atoms with Crippen LogP contribution in [-0.2, 0) is 0 Å². The van der Waals surface area contributed by atoms with Crippen LogP contribution in [0.3, 0.4) is 0 Å². The number of para-hydroxylation sites is 1. The zero-order valence-corrected chi connectivity index (χ0v) is 11.8. The van der Waals surface area contributed by atoms with E-state index < -0.39 is 0 Å². The van der Waals surface area contributed by atoms with Gasteiger partial charge in [-0.15, -0.1) is 0 Å². The highest BCUT2D eigenvalue weighted by molar-refractivity contribution is 5.99. The van der Waals surface area contributed by atoms with Crippen molar-refractivity contribution in [3.63, 3.8) is 0 Å². The third kappa shape index (κ3) is 4.29. The second-order valence-corrected chi connectivity index (χ2v) is 4.64. The Bertz CT molecular complexity index is 463. The highest BCUT2D eigenvalue weighted by Gasteiger charge is 2.17. The van der Waals surface area contributed by atoms with Crippen molar-refractivity contribution in [2.75, 3.05) is 18.4 Å². The van der Waals surface area contributed by atoms with Gasteiger partial charge in [0.2, 0.25) is 0 Å². The van der Waals surface area contributed by atoms with Gasteiger partial charge in [-0.1, -0.05) is 12.1 Å². The SMILES string of the molecule is CCN(CCC#N)C(=O)c1ccccc1NC(C)C. The van der Waals surface area contributed by atoms with Gasteiger partial charge in [0, 0.05) is 24.8 Å². The number of nitrogens with zero attached hydrogens (tertiary/aromatic N) is 2. The number of carbonyl (C=O) groups is 1. The molecule has 19 heavy (non-hydrogen) atoms. The molecule has 1 N–H and O–H groups in total. The molecule has 0 aliphatic rings. The summed E-state index contributed by atoms with van der Waals surface area (Å²) in [6.07, 6.45) is 0.360. The molecule has 0 spiro atoms. The first-order valence-electron chi connectivity index (χ1n) is 6.62. The summed E-state index contributed by atoms with van der Waals surface area (Å²) in [6.45, 7) is 7.08. The molecule has 102 valence electrons. The topological polar surface area (TPSA) is 56.1 Å². The van der Waals surface area contributed by atoms with Crippen LogP contribution in [0.4, 0.5) is 5.69 Å². The predicted octanol–water partition coefficient (Wildman–Crippen LogP) is 2.88. The third-order valence-corrected chi connectivity index (χ3v) is 2.76. The van der Waals surface area contributed by atoms with E-state index in [2.05, 4.69) is 11.4 Å². The largest absolute Gasteiger partial charge is 0.382 e. The normalized spacial score (nSPS) is 10.1. The van der Waals surface area contributed by atoms with Gasteiger partial charge in [-0.25, -0.2) is 0 Å². The second-order valence-electron chi connectivity index (χ2n) is 4.64. The highest BCUT2D eigenvalue weighted by atomic mass is 16.2. The minimum absolute atomic E-state index is 0.0264. The van der Waals surface area contributed by atoms with Crippen LogP contribution >= 0.6 is 0 Å². The van der Waals surface area contributed by atoms with Crippen molar-refractivity contribution in [2.24, 2.45) is 0 Å². The molecule has 0 aliphatic carbocycles. The number of nitriles is 1. The molecule has 0 heterocycles. The van der Waals surface area contributed by atoms with E-state index in [4.69, 9.17) is 5.26 Å². The lowest BCUT2D eigenvalue weighted by molar-refractivity contribution is 0.0768. The fourth-order valence-electron chi connectivity index (χ4n) is 1.87. The van der Waals surface area contributed by atoms with Gasteiger partial charge in [-0.2, -0.15) is 5.26 Å². The van der Waals surface area contributed by atoms with E-state index in [1.807, 2.05) is 45.0 Å². The van der Waals surface area contributed by atoms with Crippen LogP contribution in [0.1, 0.15) is 37.6 Å². The van der Waals surface area contributed by atoms with Crippen molar-refractivity contribution in [1.82, 2.24) is 4.90 Å². The Morgan fingerprint density at radius 3 is 2.68 bits per heavy atom. The van der Waals surface area contributed by atoms with Gasteiger partial charge >= 0.3 is 0 Å². The maximum absolute atomic E-state index is 12.5. The Hall–Kier alpha value is -2.02. The lowest BCUT2D eigenvalue weighted by atomic mass is 10.1. The van der Waals surface area contributed by atoms with Gasteiger partial charge in [0.05, 0.1) is 18.1 Å². The predicted molar refractivity (Wildman–Crippen MR) is 77.0 cm³/mol. The molecule has 0 saturated carbocycles. The summed E-state index contributed by atoms with van der Waals surface area (Å²) in [5.74, 6) is -0.0264. The number of carbonyl (C=O) groups excluding carboxylic acids is 1. The van der Waals surface area contributed by atoms with E-state index in [0.29, 0.717) is 25.1 Å². The standard InChI is InChI=1S/C15H21N3O/c1-4-18(11-7-10-16)15(19)13-8-5-6-9-14(13)17-12(2)3/h5-6,8-9,12,17H,4,7,11H2,1-3H3. The molecular formula is C15H21N3O. The number of anilines is 1. The lowest BCUT2D eigenvalue weighted by Gasteiger charge is -2.22. The van der Waals surface area contributed by atoms with Gasteiger partial charge in [-0.05, 0) is 32.9 Å². The van der Waals surface area contributed by atoms with Crippen molar-refractivity contribution in [3.8, 4) is 6.07 Å². The lowest BCUT2D eigenvalue weighted by Crippen LogP contribution is -2.32. The van der Waals surface area contributed by atoms with Crippen LogP contribution in [0.5, 0.6) is 0 Å². The van der Waals surface area contributed by atoms with Gasteiger partial charge in [0.25, 0.3) is 5.91 Å². The average Bonchev–Trinajstić information content (AvgIpc) is 2.39. The first kappa shape index (κ1) is 15.0. The first-order valence-corrected chi connectivity index (χ1v) is 6.62. The molecule has 4 heteroatoms. The molecule has 0 unspecified atom stereocenters. The molecule has 0 aliphatic heterocycles. The average molecular weight is 259 g/mol. The summed E-state index contributed by atoms with van der Waals surface area (Å²) >= 11 is 0. The Morgan fingerprint density at radius 1 is 1.42 bits per heavy atom. The van der Waals surface area contributed by atoms with Crippen molar-refractivity contribution < 1.29 is 4.79 Å². The van der Waals surface area contributed by atoms with E-state index in [1.165, 1.54) is 0 Å². The zero-order valence-electron chi connectivity index (χ0n) is 11.8. The van der Waals surface area contributed by atoms with Crippen molar-refractivity contribution >= 4 is 11.6 Å². The minimum Gasteiger partial charge on any atom is -0.382 e. The monoisotopic (exact) mass is 259 g/mol. The van der Waals surface area contributed by atoms with Crippen LogP contribution in [0.2, 0.25) is 0 Å². The zero-order chi connectivity index (χ0) is 14.3. The molecule has 0 bridgehead atoms. The van der Waals surface area contributed by atoms with Crippen LogP contribution in [0.25, 0.3) is 0 Å². The summed E-state index contributed by atoms with van der Waals surface area (Å²) in [4.78, 5) is 14.2. The van der Waals surface area contributed by atoms with Crippen LogP contribution in [0, 0.1) is 11.3 Å². The third-order valence-electron chi connectivity index (χ3n) is 2.76. The Balaban J connectivity index is 2.94. The fraction of sp³-hybridized carbons (Fsp3) is 0.467. The molecule has 0 saturated heterocycles. The Kier molecular flexibility index (Phi) is 5.87. The maximum atomic E-state index is 12.5. The summed E-state index contributed by atoms with van der Waals surface area (Å²) in [5.41, 5.74) is 1.51. The molecule has 1 aromatic rings. The van der Waals surface area contributed by atoms with E-state index >= 15 is 0 Å². The number of hydrogen-bond donors (Lipinski definition) is 1. The Labute approximate surface area is 115 Å². The minimum atomic E-state index is -0.0264. The fourth-order valence-corrected chi connectivity index (χ4v) is 1.87. The summed E-state index contributed by atoms with van der Waals surface area (Å²) in [6, 6.07) is 9.84. The van der Waals surface area contributed by atoms with Crippen LogP contribution in [-0.4, -0.2) is 29.9 Å². The molecular weight excluding hydrogens is 238 g/mol. The molecule has 0 aromatic heterocycles. The van der Waals surface area contributed by atoms with E-state index in [0.717, 1.165) is 5.69 Å². The first-order chi connectivity index (χ1) is 9.10. The summed E-state index contributed by atoms with van der Waals surface area (Å²) in [5, 5.41) is 11.9. The number of amides is 1. The molecule has 0 fully saturated rings. The molecule has 0 radical (unpaired) electrons. The van der Waals surface area contributed by atoms with E-state index in [9.17, 15) is 4.79 Å². The van der Waals surface area contributed by atoms with E-state index in [1.54, 1.807) is 4.90 Å². The molecule has 4 nitrogen and oxygen atoms in total. The molecule has 1 aromatic carbocycles. The summed E-state index contributed by atoms with van der Waals surface area (Å²) < 4.78 is 0. The highest BCUT2D eigenvalue weighted by Crippen LogP contribution is 2.18.